The van der Waals surface area contributed by atoms with Crippen LogP contribution in [0.15, 0.2) is 18.2 Å². The van der Waals surface area contributed by atoms with Gasteiger partial charge in [0.2, 0.25) is 0 Å². The number of benzene rings is 1. The highest BCUT2D eigenvalue weighted by molar-refractivity contribution is 5.85. The summed E-state index contributed by atoms with van der Waals surface area (Å²) in [6.07, 6.45) is 1.65. The van der Waals surface area contributed by atoms with Gasteiger partial charge in [0, 0.05) is 30.7 Å². The van der Waals surface area contributed by atoms with E-state index in [0.717, 1.165) is 38.1 Å². The molecule has 23 heavy (non-hydrogen) atoms. The van der Waals surface area contributed by atoms with E-state index in [1.165, 1.54) is 6.07 Å². The summed E-state index contributed by atoms with van der Waals surface area (Å²) in [7, 11) is 1.81. The zero-order valence-corrected chi connectivity index (χ0v) is 14.2. The maximum atomic E-state index is 13.9. The van der Waals surface area contributed by atoms with E-state index < -0.39 is 11.8 Å². The number of carboxylic acids is 1. The van der Waals surface area contributed by atoms with Gasteiger partial charge in [0.15, 0.2) is 0 Å². The highest BCUT2D eigenvalue weighted by Gasteiger charge is 2.27. The summed E-state index contributed by atoms with van der Waals surface area (Å²) in [5.41, 5.74) is 0.373. The van der Waals surface area contributed by atoms with E-state index >= 15 is 0 Å². The Morgan fingerprint density at radius 1 is 1.39 bits per heavy atom. The standard InChI is InChI=1S/C16H22F2N2O2.ClH/c1-11(14-9-12(17)3-4-15(14)18)20-7-5-13(6-8-20)19(2)10-16(21)22;/h3-4,9,11,13H,5-8,10H2,1-2H3,(H,21,22);1H. The van der Waals surface area contributed by atoms with Crippen LogP contribution >= 0.6 is 12.4 Å². The van der Waals surface area contributed by atoms with Crippen LogP contribution in [0.25, 0.3) is 0 Å². The van der Waals surface area contributed by atoms with Crippen LogP contribution < -0.4 is 0 Å². The fourth-order valence-electron chi connectivity index (χ4n) is 3.09. The topological polar surface area (TPSA) is 43.8 Å². The monoisotopic (exact) mass is 348 g/mol. The van der Waals surface area contributed by atoms with Crippen molar-refractivity contribution in [3.63, 3.8) is 0 Å². The first kappa shape index (κ1) is 19.8. The van der Waals surface area contributed by atoms with E-state index in [2.05, 4.69) is 4.90 Å². The van der Waals surface area contributed by atoms with E-state index in [1.807, 2.05) is 18.9 Å². The Kier molecular flexibility index (Phi) is 7.38. The molecule has 0 saturated carbocycles. The molecule has 1 saturated heterocycles. The molecule has 1 aromatic carbocycles. The van der Waals surface area contributed by atoms with E-state index in [1.54, 1.807) is 0 Å². The van der Waals surface area contributed by atoms with Crippen LogP contribution in [0.2, 0.25) is 0 Å². The predicted octanol–water partition coefficient (Wildman–Crippen LogP) is 2.93. The van der Waals surface area contributed by atoms with Crippen molar-refractivity contribution in [2.75, 3.05) is 26.7 Å². The summed E-state index contributed by atoms with van der Waals surface area (Å²) in [4.78, 5) is 14.7. The van der Waals surface area contributed by atoms with Gasteiger partial charge in [0.25, 0.3) is 0 Å². The minimum absolute atomic E-state index is 0. The summed E-state index contributed by atoms with van der Waals surface area (Å²) in [6.45, 7) is 3.38. The number of likely N-dealkylation sites (N-methyl/N-ethyl adjacent to an activating group) is 1. The van der Waals surface area contributed by atoms with Gasteiger partial charge in [0.05, 0.1) is 6.54 Å². The molecule has 130 valence electrons. The summed E-state index contributed by atoms with van der Waals surface area (Å²) in [6, 6.07) is 3.56. The molecule has 0 radical (unpaired) electrons. The highest BCUT2D eigenvalue weighted by Crippen LogP contribution is 2.27. The quantitative estimate of drug-likeness (QED) is 0.888. The molecule has 0 aromatic heterocycles. The van der Waals surface area contributed by atoms with Gasteiger partial charge in [-0.3, -0.25) is 14.6 Å². The zero-order chi connectivity index (χ0) is 16.3. The molecular weight excluding hydrogens is 326 g/mol. The number of carbonyl (C=O) groups is 1. The third kappa shape index (κ3) is 5.12. The number of nitrogens with zero attached hydrogens (tertiary/aromatic N) is 2. The smallest absolute Gasteiger partial charge is 0.317 e. The number of hydrogen-bond acceptors (Lipinski definition) is 3. The number of hydrogen-bond donors (Lipinski definition) is 1. The van der Waals surface area contributed by atoms with E-state index in [4.69, 9.17) is 5.11 Å². The van der Waals surface area contributed by atoms with Gasteiger partial charge < -0.3 is 5.11 Å². The van der Waals surface area contributed by atoms with Gasteiger partial charge >= 0.3 is 5.97 Å². The Balaban J connectivity index is 0.00000264. The number of likely N-dealkylation sites (tertiary alicyclic amines) is 1. The molecule has 1 aromatic rings. The van der Waals surface area contributed by atoms with Crippen LogP contribution in [0.1, 0.15) is 31.4 Å². The first-order valence-corrected chi connectivity index (χ1v) is 7.49. The van der Waals surface area contributed by atoms with Crippen LogP contribution in [0.4, 0.5) is 8.78 Å². The Hall–Kier alpha value is -1.24. The lowest BCUT2D eigenvalue weighted by molar-refractivity contribution is -0.138. The molecule has 1 heterocycles. The van der Waals surface area contributed by atoms with Crippen molar-refractivity contribution in [2.24, 2.45) is 0 Å². The zero-order valence-electron chi connectivity index (χ0n) is 13.3. The molecule has 4 nitrogen and oxygen atoms in total. The van der Waals surface area contributed by atoms with E-state index in [0.29, 0.717) is 5.56 Å². The van der Waals surface area contributed by atoms with Crippen molar-refractivity contribution in [3.05, 3.63) is 35.4 Å². The molecule has 0 aliphatic carbocycles. The Bertz CT molecular complexity index is 537. The minimum Gasteiger partial charge on any atom is -0.480 e. The van der Waals surface area contributed by atoms with Crippen LogP contribution in [0.5, 0.6) is 0 Å². The van der Waals surface area contributed by atoms with Gasteiger partial charge in [0.1, 0.15) is 11.6 Å². The summed E-state index contributed by atoms with van der Waals surface area (Å²) >= 11 is 0. The van der Waals surface area contributed by atoms with Crippen molar-refractivity contribution >= 4 is 18.4 Å². The second kappa shape index (κ2) is 8.57. The Labute approximate surface area is 141 Å². The van der Waals surface area contributed by atoms with Crippen molar-refractivity contribution in [1.29, 1.82) is 0 Å². The van der Waals surface area contributed by atoms with Crippen molar-refractivity contribution < 1.29 is 18.7 Å². The van der Waals surface area contributed by atoms with Gasteiger partial charge in [-0.05, 0) is 45.0 Å². The molecule has 0 bridgehead atoms. The lowest BCUT2D eigenvalue weighted by Crippen LogP contribution is -2.45. The average molecular weight is 349 g/mol. The fourth-order valence-corrected chi connectivity index (χ4v) is 3.09. The highest BCUT2D eigenvalue weighted by atomic mass is 35.5. The molecule has 7 heteroatoms. The number of aliphatic carboxylic acids is 1. The van der Waals surface area contributed by atoms with Gasteiger partial charge in [-0.25, -0.2) is 8.78 Å². The van der Waals surface area contributed by atoms with Gasteiger partial charge in [-0.15, -0.1) is 12.4 Å². The fraction of sp³-hybridized carbons (Fsp3) is 0.562. The van der Waals surface area contributed by atoms with Crippen LogP contribution in [0.3, 0.4) is 0 Å². The van der Waals surface area contributed by atoms with Crippen molar-refractivity contribution in [1.82, 2.24) is 9.80 Å². The van der Waals surface area contributed by atoms with Gasteiger partial charge in [-0.1, -0.05) is 0 Å². The SMILES string of the molecule is CC(c1cc(F)ccc1F)N1CCC(N(C)CC(=O)O)CC1.Cl. The Morgan fingerprint density at radius 2 is 2.00 bits per heavy atom. The van der Waals surface area contributed by atoms with Crippen molar-refractivity contribution in [3.8, 4) is 0 Å². The second-order valence-electron chi connectivity index (χ2n) is 5.92. The third-order valence-corrected chi connectivity index (χ3v) is 4.46. The van der Waals surface area contributed by atoms with Crippen LogP contribution in [-0.4, -0.2) is 53.6 Å². The maximum Gasteiger partial charge on any atom is 0.317 e. The molecule has 1 aliphatic rings. The molecule has 1 unspecified atom stereocenters. The van der Waals surface area contributed by atoms with Crippen molar-refractivity contribution in [2.45, 2.75) is 31.8 Å². The van der Waals surface area contributed by atoms with E-state index in [-0.39, 0.29) is 36.9 Å². The van der Waals surface area contributed by atoms with E-state index in [9.17, 15) is 13.6 Å². The second-order valence-corrected chi connectivity index (χ2v) is 5.92. The molecule has 1 fully saturated rings. The van der Waals surface area contributed by atoms with Crippen LogP contribution in [0, 0.1) is 11.6 Å². The third-order valence-electron chi connectivity index (χ3n) is 4.46. The number of halogens is 3. The lowest BCUT2D eigenvalue weighted by atomic mass is 9.99. The first-order chi connectivity index (χ1) is 10.4. The molecule has 1 atom stereocenters. The summed E-state index contributed by atoms with van der Waals surface area (Å²) in [5, 5.41) is 8.83. The summed E-state index contributed by atoms with van der Waals surface area (Å²) in [5.74, 6) is -1.65. The first-order valence-electron chi connectivity index (χ1n) is 7.49. The molecule has 0 spiro atoms. The molecule has 1 aliphatic heterocycles. The largest absolute Gasteiger partial charge is 0.480 e. The lowest BCUT2D eigenvalue weighted by Gasteiger charge is -2.39. The number of piperidine rings is 1. The molecular formula is C16H23ClF2N2O2. The minimum atomic E-state index is -0.833. The van der Waals surface area contributed by atoms with Gasteiger partial charge in [-0.2, -0.15) is 0 Å². The normalized spacial score (nSPS) is 17.8. The predicted molar refractivity (Wildman–Crippen MR) is 86.9 cm³/mol. The Morgan fingerprint density at radius 3 is 2.57 bits per heavy atom. The number of carboxylic acid groups (broad SMARTS) is 1. The molecule has 0 amide bonds. The van der Waals surface area contributed by atoms with Crippen LogP contribution in [-0.2, 0) is 4.79 Å². The summed E-state index contributed by atoms with van der Waals surface area (Å²) < 4.78 is 27.2. The molecule has 1 N–H and O–H groups in total. The maximum absolute atomic E-state index is 13.9. The average Bonchev–Trinajstić information content (AvgIpc) is 2.48. The number of rotatable bonds is 5. The molecule has 2 rings (SSSR count).